The molecule has 35 heavy (non-hydrogen) atoms. The van der Waals surface area contributed by atoms with E-state index in [1.807, 2.05) is 61.5 Å². The Labute approximate surface area is 209 Å². The van der Waals surface area contributed by atoms with Crippen molar-refractivity contribution in [1.29, 1.82) is 0 Å². The van der Waals surface area contributed by atoms with Gasteiger partial charge in [-0.1, -0.05) is 56.3 Å². The molecule has 0 spiro atoms. The third-order valence-corrected chi connectivity index (χ3v) is 6.49. The molecule has 1 saturated heterocycles. The van der Waals surface area contributed by atoms with Gasteiger partial charge in [-0.15, -0.1) is 0 Å². The molecule has 5 heteroatoms. The SMILES string of the molecule is Cc1nc(Oc2cccc(C(C)C)c2)c(C(O)c2ccccc2)cc1CCCOC1CCCCO1. The van der Waals surface area contributed by atoms with Crippen molar-refractivity contribution in [3.63, 3.8) is 0 Å². The summed E-state index contributed by atoms with van der Waals surface area (Å²) >= 11 is 0. The summed E-state index contributed by atoms with van der Waals surface area (Å²) < 4.78 is 17.8. The van der Waals surface area contributed by atoms with Crippen LogP contribution in [0.3, 0.4) is 0 Å². The molecule has 186 valence electrons. The summed E-state index contributed by atoms with van der Waals surface area (Å²) in [5.74, 6) is 1.56. The maximum absolute atomic E-state index is 11.3. The van der Waals surface area contributed by atoms with Crippen molar-refractivity contribution in [1.82, 2.24) is 4.98 Å². The van der Waals surface area contributed by atoms with Crippen molar-refractivity contribution in [2.45, 2.75) is 71.2 Å². The van der Waals surface area contributed by atoms with Crippen LogP contribution in [0.15, 0.2) is 60.7 Å². The van der Waals surface area contributed by atoms with Crippen molar-refractivity contribution in [2.24, 2.45) is 0 Å². The van der Waals surface area contributed by atoms with Gasteiger partial charge >= 0.3 is 0 Å². The number of nitrogens with zero attached hydrogens (tertiary/aromatic N) is 1. The van der Waals surface area contributed by atoms with E-state index >= 15 is 0 Å². The molecule has 3 aromatic rings. The van der Waals surface area contributed by atoms with Gasteiger partial charge in [-0.05, 0) is 79.8 Å². The zero-order valence-corrected chi connectivity index (χ0v) is 21.1. The van der Waals surface area contributed by atoms with Crippen LogP contribution in [-0.2, 0) is 15.9 Å². The maximum atomic E-state index is 11.3. The van der Waals surface area contributed by atoms with Crippen molar-refractivity contribution < 1.29 is 19.3 Å². The van der Waals surface area contributed by atoms with Crippen LogP contribution in [0.25, 0.3) is 0 Å². The number of aliphatic hydroxyl groups is 1. The number of aliphatic hydroxyl groups excluding tert-OH is 1. The lowest BCUT2D eigenvalue weighted by molar-refractivity contribution is -0.162. The monoisotopic (exact) mass is 475 g/mol. The molecule has 1 fully saturated rings. The summed E-state index contributed by atoms with van der Waals surface area (Å²) in [5.41, 5.74) is 4.67. The molecule has 0 bridgehead atoms. The third kappa shape index (κ3) is 6.91. The molecule has 2 atom stereocenters. The molecule has 5 nitrogen and oxygen atoms in total. The molecule has 0 radical (unpaired) electrons. The van der Waals surface area contributed by atoms with Crippen LogP contribution in [-0.4, -0.2) is 29.6 Å². The van der Waals surface area contributed by atoms with E-state index in [-0.39, 0.29) is 6.29 Å². The van der Waals surface area contributed by atoms with Gasteiger partial charge in [-0.3, -0.25) is 0 Å². The van der Waals surface area contributed by atoms with Crippen molar-refractivity contribution in [3.05, 3.63) is 88.6 Å². The fourth-order valence-electron chi connectivity index (χ4n) is 4.36. The number of aryl methyl sites for hydroxylation is 2. The summed E-state index contributed by atoms with van der Waals surface area (Å²) in [7, 11) is 0. The largest absolute Gasteiger partial charge is 0.439 e. The molecule has 1 aliphatic heterocycles. The van der Waals surface area contributed by atoms with Gasteiger partial charge < -0.3 is 19.3 Å². The first-order chi connectivity index (χ1) is 17.0. The van der Waals surface area contributed by atoms with Gasteiger partial charge in [0, 0.05) is 17.9 Å². The normalized spacial score (nSPS) is 16.9. The van der Waals surface area contributed by atoms with Crippen LogP contribution in [0.4, 0.5) is 0 Å². The van der Waals surface area contributed by atoms with E-state index in [0.29, 0.717) is 24.0 Å². The first kappa shape index (κ1) is 25.4. The second-order valence-electron chi connectivity index (χ2n) is 9.54. The van der Waals surface area contributed by atoms with E-state index in [9.17, 15) is 5.11 Å². The number of benzene rings is 2. The first-order valence-corrected chi connectivity index (χ1v) is 12.8. The van der Waals surface area contributed by atoms with Gasteiger partial charge in [-0.2, -0.15) is 0 Å². The van der Waals surface area contributed by atoms with Crippen LogP contribution in [0.5, 0.6) is 11.6 Å². The van der Waals surface area contributed by atoms with Crippen molar-refractivity contribution in [2.75, 3.05) is 13.2 Å². The van der Waals surface area contributed by atoms with Crippen LogP contribution >= 0.6 is 0 Å². The molecule has 1 aliphatic rings. The van der Waals surface area contributed by atoms with Crippen LogP contribution in [0.2, 0.25) is 0 Å². The fourth-order valence-corrected chi connectivity index (χ4v) is 4.36. The minimum absolute atomic E-state index is 0.0733. The summed E-state index contributed by atoms with van der Waals surface area (Å²) in [6.07, 6.45) is 4.01. The molecular formula is C30H37NO4. The predicted molar refractivity (Wildman–Crippen MR) is 138 cm³/mol. The standard InChI is InChI=1S/C30H37NO4/c1-21(2)24-13-9-15-26(19-24)35-30-27(29(32)23-11-5-4-6-12-23)20-25(22(3)31-30)14-10-18-34-28-16-7-8-17-33-28/h4-6,9,11-13,15,19-21,28-29,32H,7-8,10,14,16-18H2,1-3H3. The minimum Gasteiger partial charge on any atom is -0.439 e. The highest BCUT2D eigenvalue weighted by atomic mass is 16.7. The molecule has 0 aliphatic carbocycles. The Kier molecular flexibility index (Phi) is 8.91. The Balaban J connectivity index is 1.55. The highest BCUT2D eigenvalue weighted by Crippen LogP contribution is 2.34. The maximum Gasteiger partial charge on any atom is 0.225 e. The summed E-state index contributed by atoms with van der Waals surface area (Å²) in [5, 5.41) is 11.3. The van der Waals surface area contributed by atoms with Gasteiger partial charge in [0.25, 0.3) is 0 Å². The molecule has 1 aromatic heterocycles. The van der Waals surface area contributed by atoms with Crippen LogP contribution < -0.4 is 4.74 Å². The highest BCUT2D eigenvalue weighted by molar-refractivity contribution is 5.43. The quantitative estimate of drug-likeness (QED) is 0.325. The first-order valence-electron chi connectivity index (χ1n) is 12.8. The second-order valence-corrected chi connectivity index (χ2v) is 9.54. The van der Waals surface area contributed by atoms with E-state index < -0.39 is 6.10 Å². The zero-order chi connectivity index (χ0) is 24.6. The summed E-state index contributed by atoms with van der Waals surface area (Å²) in [4.78, 5) is 4.81. The molecular weight excluding hydrogens is 438 g/mol. The Hall–Kier alpha value is -2.73. The van der Waals surface area contributed by atoms with Gasteiger partial charge in [0.05, 0.1) is 6.61 Å². The number of aromatic nitrogens is 1. The average molecular weight is 476 g/mol. The molecule has 4 rings (SSSR count). The van der Waals surface area contributed by atoms with Gasteiger partial charge in [0.1, 0.15) is 11.9 Å². The van der Waals surface area contributed by atoms with E-state index in [4.69, 9.17) is 19.2 Å². The Morgan fingerprint density at radius 1 is 1.03 bits per heavy atom. The fraction of sp³-hybridized carbons (Fsp3) is 0.433. The Morgan fingerprint density at radius 2 is 1.83 bits per heavy atom. The summed E-state index contributed by atoms with van der Waals surface area (Å²) in [6, 6.07) is 19.7. The number of rotatable bonds is 10. The molecule has 2 aromatic carbocycles. The van der Waals surface area contributed by atoms with Crippen LogP contribution in [0, 0.1) is 6.92 Å². The number of ether oxygens (including phenoxy) is 3. The lowest BCUT2D eigenvalue weighted by atomic mass is 9.98. The molecule has 2 heterocycles. The minimum atomic E-state index is -0.835. The van der Waals surface area contributed by atoms with Gasteiger partial charge in [-0.25, -0.2) is 4.98 Å². The third-order valence-electron chi connectivity index (χ3n) is 6.49. The number of hydrogen-bond acceptors (Lipinski definition) is 5. The van der Waals surface area contributed by atoms with Gasteiger partial charge in [0.2, 0.25) is 5.88 Å². The predicted octanol–water partition coefficient (Wildman–Crippen LogP) is 6.86. The zero-order valence-electron chi connectivity index (χ0n) is 21.1. The van der Waals surface area contributed by atoms with E-state index in [1.165, 1.54) is 5.56 Å². The van der Waals surface area contributed by atoms with E-state index in [0.717, 1.165) is 61.3 Å². The molecule has 0 amide bonds. The molecule has 2 unspecified atom stereocenters. The van der Waals surface area contributed by atoms with Crippen LogP contribution in [0.1, 0.15) is 79.5 Å². The highest BCUT2D eigenvalue weighted by Gasteiger charge is 2.21. The van der Waals surface area contributed by atoms with E-state index in [2.05, 4.69) is 19.9 Å². The lowest BCUT2D eigenvalue weighted by Gasteiger charge is -2.22. The van der Waals surface area contributed by atoms with Crippen molar-refractivity contribution in [3.8, 4) is 11.6 Å². The lowest BCUT2D eigenvalue weighted by Crippen LogP contribution is -2.22. The Morgan fingerprint density at radius 3 is 2.57 bits per heavy atom. The second kappa shape index (κ2) is 12.3. The average Bonchev–Trinajstić information content (AvgIpc) is 2.88. The van der Waals surface area contributed by atoms with E-state index in [1.54, 1.807) is 0 Å². The Bertz CT molecular complexity index is 1080. The van der Waals surface area contributed by atoms with Crippen molar-refractivity contribution >= 4 is 0 Å². The number of hydrogen-bond donors (Lipinski definition) is 1. The van der Waals surface area contributed by atoms with Gasteiger partial charge in [0.15, 0.2) is 6.29 Å². The summed E-state index contributed by atoms with van der Waals surface area (Å²) in [6.45, 7) is 7.74. The topological polar surface area (TPSA) is 60.8 Å². The molecule has 0 saturated carbocycles. The number of pyridine rings is 1. The molecule has 1 N–H and O–H groups in total. The smallest absolute Gasteiger partial charge is 0.225 e.